The fraction of sp³-hybridized carbons (Fsp3) is 0.375. The molecule has 0 atom stereocenters. The molecule has 0 spiro atoms. The fourth-order valence-corrected chi connectivity index (χ4v) is 2.83. The van der Waals surface area contributed by atoms with Crippen LogP contribution >= 0.6 is 0 Å². The Morgan fingerprint density at radius 3 is 2.76 bits per heavy atom. The van der Waals surface area contributed by atoms with Crippen LogP contribution in [0, 0.1) is 0 Å². The summed E-state index contributed by atoms with van der Waals surface area (Å²) in [5, 5.41) is 3.43. The number of fused-ring (bicyclic) bond motifs is 1. The van der Waals surface area contributed by atoms with Crippen molar-refractivity contribution < 1.29 is 0 Å². The van der Waals surface area contributed by atoms with Gasteiger partial charge in [0.15, 0.2) is 0 Å². The number of hydrogen-bond donors (Lipinski definition) is 3. The van der Waals surface area contributed by atoms with Crippen molar-refractivity contribution in [3.8, 4) is 0 Å². The summed E-state index contributed by atoms with van der Waals surface area (Å²) in [6.07, 6.45) is 5.62. The topological polar surface area (TPSA) is 75.9 Å². The molecular formula is C16H21N5. The molecule has 0 saturated heterocycles. The molecule has 1 heterocycles. The zero-order valence-electron chi connectivity index (χ0n) is 12.3. The van der Waals surface area contributed by atoms with Gasteiger partial charge in [0.25, 0.3) is 0 Å². The summed E-state index contributed by atoms with van der Waals surface area (Å²) in [5.41, 5.74) is 6.62. The van der Waals surface area contributed by atoms with E-state index in [4.69, 9.17) is 5.84 Å². The van der Waals surface area contributed by atoms with Crippen molar-refractivity contribution in [2.75, 3.05) is 10.7 Å². The van der Waals surface area contributed by atoms with Crippen LogP contribution in [0.25, 0.3) is 0 Å². The summed E-state index contributed by atoms with van der Waals surface area (Å²) in [7, 11) is 0. The maximum Gasteiger partial charge on any atom is 0.145 e. The van der Waals surface area contributed by atoms with E-state index < -0.39 is 0 Å². The van der Waals surface area contributed by atoms with Gasteiger partial charge in [-0.05, 0) is 42.9 Å². The third-order valence-corrected chi connectivity index (χ3v) is 3.90. The van der Waals surface area contributed by atoms with E-state index in [9.17, 15) is 0 Å². The molecule has 0 radical (unpaired) electrons. The molecule has 3 rings (SSSR count). The highest BCUT2D eigenvalue weighted by Crippen LogP contribution is 2.29. The maximum atomic E-state index is 5.48. The number of hydrogen-bond acceptors (Lipinski definition) is 5. The second-order valence-corrected chi connectivity index (χ2v) is 5.33. The minimum atomic E-state index is 0.633. The van der Waals surface area contributed by atoms with Gasteiger partial charge in [-0.15, -0.1) is 0 Å². The predicted molar refractivity (Wildman–Crippen MR) is 85.6 cm³/mol. The highest BCUT2D eigenvalue weighted by Gasteiger charge is 2.13. The Morgan fingerprint density at radius 1 is 1.14 bits per heavy atom. The molecule has 0 unspecified atom stereocenters. The first kappa shape index (κ1) is 13.8. The van der Waals surface area contributed by atoms with E-state index in [-0.39, 0.29) is 0 Å². The van der Waals surface area contributed by atoms with Crippen molar-refractivity contribution in [2.24, 2.45) is 5.84 Å². The molecule has 21 heavy (non-hydrogen) atoms. The van der Waals surface area contributed by atoms with E-state index in [0.29, 0.717) is 5.82 Å². The summed E-state index contributed by atoms with van der Waals surface area (Å²) >= 11 is 0. The van der Waals surface area contributed by atoms with Crippen molar-refractivity contribution in [1.29, 1.82) is 0 Å². The number of aromatic nitrogens is 2. The Balaban J connectivity index is 1.93. The predicted octanol–water partition coefficient (Wildman–Crippen LogP) is 2.95. The number of benzene rings is 1. The molecule has 0 bridgehead atoms. The Bertz CT molecular complexity index is 616. The molecule has 110 valence electrons. The molecule has 0 saturated carbocycles. The lowest BCUT2D eigenvalue weighted by atomic mass is 9.90. The summed E-state index contributed by atoms with van der Waals surface area (Å²) in [5.74, 6) is 7.67. The number of nitrogens with two attached hydrogens (primary N) is 1. The van der Waals surface area contributed by atoms with Crippen molar-refractivity contribution >= 4 is 17.3 Å². The van der Waals surface area contributed by atoms with Gasteiger partial charge in [0.05, 0.1) is 0 Å². The molecule has 0 fully saturated rings. The third kappa shape index (κ3) is 2.97. The van der Waals surface area contributed by atoms with Crippen LogP contribution in [-0.2, 0) is 19.3 Å². The summed E-state index contributed by atoms with van der Waals surface area (Å²) < 4.78 is 0. The summed E-state index contributed by atoms with van der Waals surface area (Å²) in [6, 6.07) is 8.29. The second-order valence-electron chi connectivity index (χ2n) is 5.33. The quantitative estimate of drug-likeness (QED) is 0.594. The van der Waals surface area contributed by atoms with E-state index in [0.717, 1.165) is 30.2 Å². The largest absolute Gasteiger partial charge is 0.340 e. The number of rotatable bonds is 4. The molecule has 1 aliphatic rings. The van der Waals surface area contributed by atoms with Gasteiger partial charge in [-0.2, -0.15) is 0 Å². The van der Waals surface area contributed by atoms with E-state index >= 15 is 0 Å². The van der Waals surface area contributed by atoms with Crippen LogP contribution in [0.3, 0.4) is 0 Å². The molecule has 1 aromatic heterocycles. The molecule has 2 aromatic rings. The zero-order chi connectivity index (χ0) is 14.7. The zero-order valence-corrected chi connectivity index (χ0v) is 12.3. The number of anilines is 3. The number of nitrogen functional groups attached to an aromatic ring is 1. The maximum absolute atomic E-state index is 5.48. The number of hydrazine groups is 1. The van der Waals surface area contributed by atoms with Crippen molar-refractivity contribution in [3.05, 3.63) is 41.2 Å². The van der Waals surface area contributed by atoms with Crippen LogP contribution < -0.4 is 16.6 Å². The average Bonchev–Trinajstić information content (AvgIpc) is 2.55. The van der Waals surface area contributed by atoms with E-state index in [1.165, 1.54) is 30.4 Å². The van der Waals surface area contributed by atoms with Crippen LogP contribution in [0.4, 0.5) is 17.3 Å². The molecule has 0 amide bonds. The molecule has 0 aliphatic heterocycles. The van der Waals surface area contributed by atoms with Gasteiger partial charge >= 0.3 is 0 Å². The lowest BCUT2D eigenvalue weighted by molar-refractivity contribution is 0.687. The second kappa shape index (κ2) is 6.10. The monoisotopic (exact) mass is 283 g/mol. The molecular weight excluding hydrogens is 262 g/mol. The smallest absolute Gasteiger partial charge is 0.145 e. The van der Waals surface area contributed by atoms with E-state index in [1.807, 2.05) is 13.0 Å². The Morgan fingerprint density at radius 2 is 1.95 bits per heavy atom. The number of aryl methyl sites for hydroxylation is 2. The van der Waals surface area contributed by atoms with Crippen LogP contribution in [0.2, 0.25) is 0 Å². The molecule has 1 aliphatic carbocycles. The minimum absolute atomic E-state index is 0.633. The first-order chi connectivity index (χ1) is 10.3. The van der Waals surface area contributed by atoms with Crippen molar-refractivity contribution in [3.63, 3.8) is 0 Å². The molecule has 5 nitrogen and oxygen atoms in total. The van der Waals surface area contributed by atoms with Gasteiger partial charge in [-0.1, -0.05) is 19.1 Å². The highest BCUT2D eigenvalue weighted by atomic mass is 15.3. The third-order valence-electron chi connectivity index (χ3n) is 3.90. The first-order valence-electron chi connectivity index (χ1n) is 7.52. The Hall–Kier alpha value is -2.14. The Labute approximate surface area is 125 Å². The molecule has 5 heteroatoms. The average molecular weight is 283 g/mol. The number of nitrogens with zero attached hydrogens (tertiary/aromatic N) is 2. The minimum Gasteiger partial charge on any atom is -0.340 e. The van der Waals surface area contributed by atoms with Crippen LogP contribution in [0.5, 0.6) is 0 Å². The lowest BCUT2D eigenvalue weighted by Gasteiger charge is -2.20. The summed E-state index contributed by atoms with van der Waals surface area (Å²) in [4.78, 5) is 8.84. The van der Waals surface area contributed by atoms with Crippen LogP contribution in [0.1, 0.15) is 36.7 Å². The van der Waals surface area contributed by atoms with Crippen LogP contribution in [-0.4, -0.2) is 9.97 Å². The van der Waals surface area contributed by atoms with Gasteiger partial charge < -0.3 is 10.7 Å². The summed E-state index contributed by atoms with van der Waals surface area (Å²) in [6.45, 7) is 2.03. The first-order valence-corrected chi connectivity index (χ1v) is 7.52. The fourth-order valence-electron chi connectivity index (χ4n) is 2.83. The van der Waals surface area contributed by atoms with Crippen LogP contribution in [0.15, 0.2) is 24.3 Å². The van der Waals surface area contributed by atoms with Crippen molar-refractivity contribution in [2.45, 2.75) is 39.0 Å². The highest BCUT2D eigenvalue weighted by molar-refractivity contribution is 5.64. The normalized spacial score (nSPS) is 13.6. The SMILES string of the molecule is CCc1nc(NN)cc(Nc2cccc3c2CCCC3)n1. The van der Waals surface area contributed by atoms with Gasteiger partial charge in [-0.25, -0.2) is 15.8 Å². The Kier molecular flexibility index (Phi) is 4.01. The van der Waals surface area contributed by atoms with Gasteiger partial charge in [-0.3, -0.25) is 0 Å². The lowest BCUT2D eigenvalue weighted by Crippen LogP contribution is -2.12. The van der Waals surface area contributed by atoms with Gasteiger partial charge in [0.2, 0.25) is 0 Å². The molecule has 1 aromatic carbocycles. The van der Waals surface area contributed by atoms with E-state index in [2.05, 4.69) is 38.9 Å². The molecule has 4 N–H and O–H groups in total. The standard InChI is InChI=1S/C16H21N5/c1-2-14-19-15(10-16(20-14)21-17)18-13-9-5-7-11-6-3-4-8-12(11)13/h5,7,9-10H,2-4,6,8,17H2,1H3,(H2,18,19,20,21). The number of nitrogens with one attached hydrogen (secondary N) is 2. The van der Waals surface area contributed by atoms with Gasteiger partial charge in [0.1, 0.15) is 17.5 Å². The van der Waals surface area contributed by atoms with E-state index in [1.54, 1.807) is 0 Å². The van der Waals surface area contributed by atoms with Crippen molar-refractivity contribution in [1.82, 2.24) is 9.97 Å². The van der Waals surface area contributed by atoms with Gasteiger partial charge in [0, 0.05) is 18.2 Å².